The van der Waals surface area contributed by atoms with E-state index in [1.807, 2.05) is 11.9 Å². The number of carbonyl (C=O) groups is 1. The average Bonchev–Trinajstić information content (AvgIpc) is 2.82. The van der Waals surface area contributed by atoms with Gasteiger partial charge >= 0.3 is 0 Å². The van der Waals surface area contributed by atoms with Crippen LogP contribution in [0.25, 0.3) is 0 Å². The molecule has 1 saturated carbocycles. The third kappa shape index (κ3) is 4.06. The van der Waals surface area contributed by atoms with Crippen molar-refractivity contribution in [2.75, 3.05) is 26.7 Å². The van der Waals surface area contributed by atoms with Crippen molar-refractivity contribution in [2.45, 2.75) is 76.4 Å². The fourth-order valence-corrected chi connectivity index (χ4v) is 4.99. The van der Waals surface area contributed by atoms with Crippen molar-refractivity contribution in [1.29, 1.82) is 0 Å². The summed E-state index contributed by atoms with van der Waals surface area (Å²) in [6.45, 7) is 2.70. The molecule has 27 heavy (non-hydrogen) atoms. The SMILES string of the molecule is CN(Cc1n[nH]c2c1CCCCC2)C[C@@]1(O)CCCN(CC2CCC2)C1=O. The van der Waals surface area contributed by atoms with Gasteiger partial charge in [0.2, 0.25) is 0 Å². The van der Waals surface area contributed by atoms with E-state index in [2.05, 4.69) is 15.1 Å². The number of likely N-dealkylation sites (tertiary alicyclic amines) is 1. The third-order valence-electron chi connectivity index (χ3n) is 6.75. The van der Waals surface area contributed by atoms with Gasteiger partial charge in [-0.3, -0.25) is 14.8 Å². The summed E-state index contributed by atoms with van der Waals surface area (Å²) in [6, 6.07) is 0. The first kappa shape index (κ1) is 18.9. The second kappa shape index (κ2) is 7.92. The molecule has 0 bridgehead atoms. The molecule has 1 atom stereocenters. The van der Waals surface area contributed by atoms with Gasteiger partial charge in [-0.2, -0.15) is 5.10 Å². The summed E-state index contributed by atoms with van der Waals surface area (Å²) in [5, 5.41) is 18.9. The van der Waals surface area contributed by atoms with Gasteiger partial charge in [-0.05, 0) is 69.9 Å². The Morgan fingerprint density at radius 3 is 2.81 bits per heavy atom. The van der Waals surface area contributed by atoms with Crippen molar-refractivity contribution in [1.82, 2.24) is 20.0 Å². The van der Waals surface area contributed by atoms with E-state index in [0.717, 1.165) is 38.0 Å². The highest BCUT2D eigenvalue weighted by atomic mass is 16.3. The number of amides is 1. The summed E-state index contributed by atoms with van der Waals surface area (Å²) in [5.74, 6) is 0.585. The van der Waals surface area contributed by atoms with Crippen LogP contribution in [0.5, 0.6) is 0 Å². The fraction of sp³-hybridized carbons (Fsp3) is 0.810. The summed E-state index contributed by atoms with van der Waals surface area (Å²) >= 11 is 0. The number of piperidine rings is 1. The smallest absolute Gasteiger partial charge is 0.255 e. The number of rotatable bonds is 6. The maximum absolute atomic E-state index is 13.0. The van der Waals surface area contributed by atoms with Gasteiger partial charge in [0.1, 0.15) is 0 Å². The van der Waals surface area contributed by atoms with Gasteiger partial charge < -0.3 is 10.0 Å². The Morgan fingerprint density at radius 1 is 1.22 bits per heavy atom. The number of hydrogen-bond acceptors (Lipinski definition) is 4. The monoisotopic (exact) mass is 374 g/mol. The third-order valence-corrected chi connectivity index (χ3v) is 6.75. The van der Waals surface area contributed by atoms with Crippen LogP contribution in [0, 0.1) is 5.92 Å². The van der Waals surface area contributed by atoms with E-state index in [-0.39, 0.29) is 5.91 Å². The number of likely N-dealkylation sites (N-methyl/N-ethyl adjacent to an activating group) is 1. The molecule has 1 aliphatic heterocycles. The Bertz CT molecular complexity index is 669. The van der Waals surface area contributed by atoms with Gasteiger partial charge in [0.25, 0.3) is 5.91 Å². The number of aromatic amines is 1. The van der Waals surface area contributed by atoms with E-state index in [1.165, 1.54) is 49.8 Å². The molecule has 1 saturated heterocycles. The van der Waals surface area contributed by atoms with E-state index < -0.39 is 5.60 Å². The van der Waals surface area contributed by atoms with Crippen LogP contribution in [0.1, 0.15) is 68.3 Å². The van der Waals surface area contributed by atoms with Crippen LogP contribution in [0.4, 0.5) is 0 Å². The zero-order valence-electron chi connectivity index (χ0n) is 16.7. The average molecular weight is 375 g/mol. The predicted molar refractivity (Wildman–Crippen MR) is 104 cm³/mol. The highest BCUT2D eigenvalue weighted by Crippen LogP contribution is 2.31. The number of aliphatic hydroxyl groups is 1. The lowest BCUT2D eigenvalue weighted by atomic mass is 9.83. The van der Waals surface area contributed by atoms with E-state index in [9.17, 15) is 9.90 Å². The molecular weight excluding hydrogens is 340 g/mol. The summed E-state index contributed by atoms with van der Waals surface area (Å²) in [6.07, 6.45) is 11.1. The number of H-pyrrole nitrogens is 1. The van der Waals surface area contributed by atoms with Crippen molar-refractivity contribution in [3.8, 4) is 0 Å². The Kier molecular flexibility index (Phi) is 5.55. The van der Waals surface area contributed by atoms with Crippen molar-refractivity contribution in [3.63, 3.8) is 0 Å². The topological polar surface area (TPSA) is 72.5 Å². The van der Waals surface area contributed by atoms with Gasteiger partial charge in [0.05, 0.1) is 5.69 Å². The van der Waals surface area contributed by atoms with Crippen LogP contribution in [-0.2, 0) is 24.2 Å². The fourth-order valence-electron chi connectivity index (χ4n) is 4.99. The molecule has 150 valence electrons. The maximum atomic E-state index is 13.0. The zero-order valence-corrected chi connectivity index (χ0v) is 16.7. The summed E-state index contributed by atoms with van der Waals surface area (Å²) in [7, 11) is 1.99. The van der Waals surface area contributed by atoms with Crippen molar-refractivity contribution in [3.05, 3.63) is 17.0 Å². The molecule has 2 N–H and O–H groups in total. The number of aromatic nitrogens is 2. The second-order valence-corrected chi connectivity index (χ2v) is 9.04. The summed E-state index contributed by atoms with van der Waals surface area (Å²) in [5.41, 5.74) is 2.50. The van der Waals surface area contributed by atoms with E-state index in [4.69, 9.17) is 0 Å². The van der Waals surface area contributed by atoms with Crippen molar-refractivity contribution in [2.24, 2.45) is 5.92 Å². The lowest BCUT2D eigenvalue weighted by Gasteiger charge is -2.42. The minimum absolute atomic E-state index is 0.0617. The molecular formula is C21H34N4O2. The van der Waals surface area contributed by atoms with Gasteiger partial charge in [-0.1, -0.05) is 12.8 Å². The second-order valence-electron chi connectivity index (χ2n) is 9.04. The molecule has 0 unspecified atom stereocenters. The van der Waals surface area contributed by atoms with Gasteiger partial charge in [0.15, 0.2) is 5.60 Å². The zero-order chi connectivity index (χ0) is 18.9. The number of nitrogens with zero attached hydrogens (tertiary/aromatic N) is 3. The van der Waals surface area contributed by atoms with Gasteiger partial charge in [-0.15, -0.1) is 0 Å². The highest BCUT2D eigenvalue weighted by molar-refractivity contribution is 5.86. The first-order chi connectivity index (χ1) is 13.0. The Balaban J connectivity index is 1.38. The molecule has 1 aromatic heterocycles. The first-order valence-corrected chi connectivity index (χ1v) is 10.8. The normalized spacial score (nSPS) is 26.8. The minimum Gasteiger partial charge on any atom is -0.379 e. The number of carbonyl (C=O) groups excluding carboxylic acids is 1. The first-order valence-electron chi connectivity index (χ1n) is 10.8. The molecule has 6 nitrogen and oxygen atoms in total. The van der Waals surface area contributed by atoms with Crippen molar-refractivity contribution < 1.29 is 9.90 Å². The molecule has 1 aromatic rings. The molecule has 6 heteroatoms. The van der Waals surface area contributed by atoms with Gasteiger partial charge in [-0.25, -0.2) is 0 Å². The van der Waals surface area contributed by atoms with E-state index in [1.54, 1.807) is 0 Å². The van der Waals surface area contributed by atoms with Crippen LogP contribution >= 0.6 is 0 Å². The Labute approximate surface area is 162 Å². The lowest BCUT2D eigenvalue weighted by Crippen LogP contribution is -2.59. The molecule has 0 radical (unpaired) electrons. The maximum Gasteiger partial charge on any atom is 0.255 e. The molecule has 2 aliphatic carbocycles. The molecule has 3 aliphatic rings. The number of hydrogen-bond donors (Lipinski definition) is 2. The quantitative estimate of drug-likeness (QED) is 0.749. The number of nitrogens with one attached hydrogen (secondary N) is 1. The van der Waals surface area contributed by atoms with E-state index in [0.29, 0.717) is 25.4 Å². The highest BCUT2D eigenvalue weighted by Gasteiger charge is 2.43. The summed E-state index contributed by atoms with van der Waals surface area (Å²) in [4.78, 5) is 17.0. The molecule has 2 fully saturated rings. The van der Waals surface area contributed by atoms with E-state index >= 15 is 0 Å². The Hall–Kier alpha value is -1.40. The van der Waals surface area contributed by atoms with Gasteiger partial charge in [0, 0.05) is 31.9 Å². The van der Waals surface area contributed by atoms with Crippen molar-refractivity contribution >= 4 is 5.91 Å². The molecule has 4 rings (SSSR count). The van der Waals surface area contributed by atoms with Crippen LogP contribution in [0.3, 0.4) is 0 Å². The van der Waals surface area contributed by atoms with Crippen LogP contribution in [0.2, 0.25) is 0 Å². The molecule has 0 aromatic carbocycles. The molecule has 0 spiro atoms. The number of aryl methyl sites for hydroxylation is 1. The predicted octanol–water partition coefficient (Wildman–Crippen LogP) is 2.26. The summed E-state index contributed by atoms with van der Waals surface area (Å²) < 4.78 is 0. The molecule has 1 amide bonds. The largest absolute Gasteiger partial charge is 0.379 e. The van der Waals surface area contributed by atoms with Crippen LogP contribution < -0.4 is 0 Å². The Morgan fingerprint density at radius 2 is 2.04 bits per heavy atom. The standard InChI is InChI=1S/C21H34N4O2/c1-24(14-19-17-9-3-2-4-10-18(17)22-23-19)15-21(27)11-6-12-25(20(21)26)13-16-7-5-8-16/h16,27H,2-15H2,1H3,(H,22,23)/t21-/m0/s1. The molecule has 2 heterocycles. The van der Waals surface area contributed by atoms with Crippen LogP contribution in [-0.4, -0.2) is 63.3 Å². The lowest BCUT2D eigenvalue weighted by molar-refractivity contribution is -0.160. The number of fused-ring (bicyclic) bond motifs is 1. The van der Waals surface area contributed by atoms with Crippen LogP contribution in [0.15, 0.2) is 0 Å². The minimum atomic E-state index is -1.25.